The Morgan fingerprint density at radius 2 is 2.22 bits per heavy atom. The van der Waals surface area contributed by atoms with Crippen LogP contribution in [0, 0.1) is 0 Å². The fourth-order valence-corrected chi connectivity index (χ4v) is 2.63. The SMILES string of the molecule is CCCn1ccnc1CC(CSC(C)(C)C)NN. The zero-order valence-corrected chi connectivity index (χ0v) is 12.8. The van der Waals surface area contributed by atoms with Gasteiger partial charge in [-0.2, -0.15) is 11.8 Å². The molecule has 1 aromatic heterocycles. The van der Waals surface area contributed by atoms with E-state index in [0.717, 1.165) is 31.0 Å². The number of hydrogen-bond acceptors (Lipinski definition) is 4. The van der Waals surface area contributed by atoms with E-state index in [1.165, 1.54) is 0 Å². The fourth-order valence-electron chi connectivity index (χ4n) is 1.71. The molecule has 0 spiro atoms. The molecule has 0 fully saturated rings. The third-order valence-corrected chi connectivity index (χ3v) is 4.08. The molecule has 0 aliphatic rings. The van der Waals surface area contributed by atoms with Gasteiger partial charge >= 0.3 is 0 Å². The smallest absolute Gasteiger partial charge is 0.110 e. The molecule has 1 rings (SSSR count). The maximum Gasteiger partial charge on any atom is 0.110 e. The first-order valence-corrected chi connectivity index (χ1v) is 7.55. The van der Waals surface area contributed by atoms with E-state index in [2.05, 4.69) is 42.7 Å². The quantitative estimate of drug-likeness (QED) is 0.589. The minimum atomic E-state index is 0.271. The first-order chi connectivity index (χ1) is 8.46. The number of thioether (sulfide) groups is 1. The highest BCUT2D eigenvalue weighted by Crippen LogP contribution is 2.24. The van der Waals surface area contributed by atoms with E-state index in [9.17, 15) is 0 Å². The monoisotopic (exact) mass is 270 g/mol. The van der Waals surface area contributed by atoms with Crippen LogP contribution in [0.2, 0.25) is 0 Å². The van der Waals surface area contributed by atoms with Crippen LogP contribution in [0.1, 0.15) is 39.9 Å². The third kappa shape index (κ3) is 5.42. The van der Waals surface area contributed by atoms with Gasteiger partial charge in [0.05, 0.1) is 0 Å². The van der Waals surface area contributed by atoms with Crippen LogP contribution in [0.15, 0.2) is 12.4 Å². The van der Waals surface area contributed by atoms with Crippen LogP contribution in [0.5, 0.6) is 0 Å². The number of nitrogens with two attached hydrogens (primary N) is 1. The molecule has 4 nitrogen and oxygen atoms in total. The largest absolute Gasteiger partial charge is 0.335 e. The van der Waals surface area contributed by atoms with E-state index in [0.29, 0.717) is 0 Å². The van der Waals surface area contributed by atoms with Gasteiger partial charge in [0.2, 0.25) is 0 Å². The third-order valence-electron chi connectivity index (χ3n) is 2.65. The second-order valence-electron chi connectivity index (χ2n) is 5.53. The molecule has 0 saturated carbocycles. The van der Waals surface area contributed by atoms with Crippen molar-refractivity contribution in [2.24, 2.45) is 5.84 Å². The normalized spacial score (nSPS) is 13.8. The van der Waals surface area contributed by atoms with E-state index in [-0.39, 0.29) is 10.8 Å². The van der Waals surface area contributed by atoms with Crippen molar-refractivity contribution in [3.63, 3.8) is 0 Å². The first-order valence-electron chi connectivity index (χ1n) is 6.56. The fraction of sp³-hybridized carbons (Fsp3) is 0.769. The molecule has 1 aromatic rings. The Kier molecular flexibility index (Phi) is 6.18. The molecule has 0 aliphatic heterocycles. The van der Waals surface area contributed by atoms with Crippen LogP contribution in [0.4, 0.5) is 0 Å². The van der Waals surface area contributed by atoms with Crippen molar-refractivity contribution in [1.82, 2.24) is 15.0 Å². The lowest BCUT2D eigenvalue weighted by atomic mass is 10.2. The molecule has 0 aromatic carbocycles. The average molecular weight is 270 g/mol. The van der Waals surface area contributed by atoms with E-state index in [1.807, 2.05) is 24.2 Å². The van der Waals surface area contributed by atoms with Crippen LogP contribution in [-0.4, -0.2) is 26.1 Å². The Labute approximate surface area is 115 Å². The number of hydrogen-bond donors (Lipinski definition) is 2. The number of rotatable bonds is 7. The van der Waals surface area contributed by atoms with Crippen LogP contribution in [0.3, 0.4) is 0 Å². The Hall–Kier alpha value is -0.520. The van der Waals surface area contributed by atoms with Crippen LogP contribution >= 0.6 is 11.8 Å². The molecule has 104 valence electrons. The van der Waals surface area contributed by atoms with E-state index >= 15 is 0 Å². The van der Waals surface area contributed by atoms with Gasteiger partial charge < -0.3 is 4.57 Å². The summed E-state index contributed by atoms with van der Waals surface area (Å²) in [6.45, 7) is 9.88. The summed E-state index contributed by atoms with van der Waals surface area (Å²) in [5.41, 5.74) is 2.91. The number of aryl methyl sites for hydroxylation is 1. The summed E-state index contributed by atoms with van der Waals surface area (Å²) in [5, 5.41) is 0. The van der Waals surface area contributed by atoms with Crippen molar-refractivity contribution in [2.75, 3.05) is 5.75 Å². The first kappa shape index (κ1) is 15.5. The maximum atomic E-state index is 5.64. The molecule has 0 amide bonds. The zero-order valence-electron chi connectivity index (χ0n) is 11.9. The Balaban J connectivity index is 2.54. The second-order valence-corrected chi connectivity index (χ2v) is 7.37. The van der Waals surface area contributed by atoms with E-state index < -0.39 is 0 Å². The van der Waals surface area contributed by atoms with Gasteiger partial charge in [-0.3, -0.25) is 11.3 Å². The summed E-state index contributed by atoms with van der Waals surface area (Å²) in [7, 11) is 0. The molecule has 3 N–H and O–H groups in total. The van der Waals surface area contributed by atoms with Crippen molar-refractivity contribution in [3.05, 3.63) is 18.2 Å². The van der Waals surface area contributed by atoms with Crippen molar-refractivity contribution < 1.29 is 0 Å². The number of hydrazine groups is 1. The topological polar surface area (TPSA) is 55.9 Å². The predicted molar refractivity (Wildman–Crippen MR) is 79.5 cm³/mol. The lowest BCUT2D eigenvalue weighted by Gasteiger charge is -2.22. The van der Waals surface area contributed by atoms with Gasteiger partial charge in [-0.15, -0.1) is 0 Å². The molecule has 5 heteroatoms. The zero-order chi connectivity index (χ0) is 13.6. The van der Waals surface area contributed by atoms with Crippen molar-refractivity contribution >= 4 is 11.8 Å². The van der Waals surface area contributed by atoms with Crippen LogP contribution in [-0.2, 0) is 13.0 Å². The minimum absolute atomic E-state index is 0.271. The van der Waals surface area contributed by atoms with Gasteiger partial charge in [0.15, 0.2) is 0 Å². The Morgan fingerprint density at radius 1 is 1.50 bits per heavy atom. The number of imidazole rings is 1. The van der Waals surface area contributed by atoms with Crippen molar-refractivity contribution in [1.29, 1.82) is 0 Å². The molecular weight excluding hydrogens is 244 g/mol. The predicted octanol–water partition coefficient (Wildman–Crippen LogP) is 2.20. The molecule has 0 aliphatic carbocycles. The van der Waals surface area contributed by atoms with E-state index in [4.69, 9.17) is 5.84 Å². The van der Waals surface area contributed by atoms with Crippen LogP contribution in [0.25, 0.3) is 0 Å². The standard InChI is InChI=1S/C13H26N4S/c1-5-7-17-8-6-15-12(17)9-11(16-14)10-18-13(2,3)4/h6,8,11,16H,5,7,9-10,14H2,1-4H3. The number of aromatic nitrogens is 2. The summed E-state index contributed by atoms with van der Waals surface area (Å²) >= 11 is 1.93. The highest BCUT2D eigenvalue weighted by atomic mass is 32.2. The average Bonchev–Trinajstić information content (AvgIpc) is 2.71. The molecule has 0 radical (unpaired) electrons. The van der Waals surface area contributed by atoms with Gasteiger partial charge in [-0.25, -0.2) is 4.98 Å². The summed E-state index contributed by atoms with van der Waals surface area (Å²) in [6.07, 6.45) is 5.92. The minimum Gasteiger partial charge on any atom is -0.335 e. The summed E-state index contributed by atoms with van der Waals surface area (Å²) in [5.74, 6) is 7.76. The highest BCUT2D eigenvalue weighted by Gasteiger charge is 2.17. The van der Waals surface area contributed by atoms with Gasteiger partial charge in [-0.05, 0) is 6.42 Å². The summed E-state index contributed by atoms with van der Waals surface area (Å²) in [4.78, 5) is 4.43. The van der Waals surface area contributed by atoms with Gasteiger partial charge in [0.1, 0.15) is 5.82 Å². The highest BCUT2D eigenvalue weighted by molar-refractivity contribution is 8.00. The van der Waals surface area contributed by atoms with Crippen molar-refractivity contribution in [2.45, 2.75) is 57.9 Å². The molecule has 1 unspecified atom stereocenters. The molecule has 18 heavy (non-hydrogen) atoms. The van der Waals surface area contributed by atoms with Gasteiger partial charge in [0.25, 0.3) is 0 Å². The lowest BCUT2D eigenvalue weighted by Crippen LogP contribution is -2.40. The van der Waals surface area contributed by atoms with E-state index in [1.54, 1.807) is 0 Å². The summed E-state index contributed by atoms with van der Waals surface area (Å²) < 4.78 is 2.49. The van der Waals surface area contributed by atoms with Gasteiger partial charge in [0, 0.05) is 41.9 Å². The lowest BCUT2D eigenvalue weighted by molar-refractivity contribution is 0.534. The molecule has 1 atom stereocenters. The number of nitrogens with zero attached hydrogens (tertiary/aromatic N) is 2. The molecule has 1 heterocycles. The van der Waals surface area contributed by atoms with Crippen molar-refractivity contribution in [3.8, 4) is 0 Å². The molecule has 0 saturated heterocycles. The maximum absolute atomic E-state index is 5.64. The molecule has 0 bridgehead atoms. The second kappa shape index (κ2) is 7.16. The number of nitrogens with one attached hydrogen (secondary N) is 1. The molecular formula is C13H26N4S. The Morgan fingerprint density at radius 3 is 2.78 bits per heavy atom. The van der Waals surface area contributed by atoms with Crippen LogP contribution < -0.4 is 11.3 Å². The summed E-state index contributed by atoms with van der Waals surface area (Å²) in [6, 6.07) is 0.271. The Bertz CT molecular complexity index is 343. The van der Waals surface area contributed by atoms with Gasteiger partial charge in [-0.1, -0.05) is 27.7 Å².